The molecule has 0 amide bonds. The van der Waals surface area contributed by atoms with E-state index in [1.165, 1.54) is 11.8 Å². The normalized spacial score (nSPS) is 12.3. The molecule has 0 saturated heterocycles. The number of rotatable bonds is 6. The fourth-order valence-corrected chi connectivity index (χ4v) is 2.30. The first kappa shape index (κ1) is 13.5. The van der Waals surface area contributed by atoms with Crippen LogP contribution in [-0.2, 0) is 9.53 Å². The summed E-state index contributed by atoms with van der Waals surface area (Å²) < 4.78 is 6.38. The number of carboxylic acid groups (broad SMARTS) is 1. The van der Waals surface area contributed by atoms with Crippen molar-refractivity contribution in [2.75, 3.05) is 13.7 Å². The summed E-state index contributed by atoms with van der Waals surface area (Å²) in [7, 11) is 1.46. The largest absolute Gasteiger partial charge is 0.480 e. The zero-order valence-corrected chi connectivity index (χ0v) is 10.9. The number of carbonyl (C=O) groups is 1. The van der Waals surface area contributed by atoms with E-state index in [1.54, 1.807) is 0 Å². The van der Waals surface area contributed by atoms with E-state index in [0.717, 1.165) is 17.4 Å². The standard InChI is InChI=1S/C11H12N4O3S/c1-18-7-9(10(16)17)19-11-12-13-14-15(11)8-5-3-2-4-6-8/h2-6,9H,7H2,1H3,(H,16,17). The zero-order chi connectivity index (χ0) is 13.7. The summed E-state index contributed by atoms with van der Waals surface area (Å²) in [5.74, 6) is -0.963. The lowest BCUT2D eigenvalue weighted by molar-refractivity contribution is -0.137. The van der Waals surface area contributed by atoms with E-state index in [1.807, 2.05) is 30.3 Å². The van der Waals surface area contributed by atoms with Gasteiger partial charge in [0.05, 0.1) is 12.3 Å². The van der Waals surface area contributed by atoms with Crippen LogP contribution in [-0.4, -0.2) is 50.2 Å². The summed E-state index contributed by atoms with van der Waals surface area (Å²) in [5.41, 5.74) is 0.775. The number of aliphatic carboxylic acids is 1. The van der Waals surface area contributed by atoms with Gasteiger partial charge in [-0.05, 0) is 22.6 Å². The number of nitrogens with zero attached hydrogens (tertiary/aromatic N) is 4. The molecule has 0 bridgehead atoms. The molecule has 100 valence electrons. The molecule has 1 unspecified atom stereocenters. The quantitative estimate of drug-likeness (QED) is 0.784. The third-order valence-electron chi connectivity index (χ3n) is 2.28. The maximum atomic E-state index is 11.1. The zero-order valence-electron chi connectivity index (χ0n) is 10.1. The molecule has 0 saturated carbocycles. The van der Waals surface area contributed by atoms with Crippen LogP contribution in [0.4, 0.5) is 0 Å². The van der Waals surface area contributed by atoms with Crippen molar-refractivity contribution in [1.29, 1.82) is 0 Å². The molecule has 0 aliphatic rings. The molecule has 0 aliphatic carbocycles. The van der Waals surface area contributed by atoms with Gasteiger partial charge in [-0.1, -0.05) is 30.0 Å². The van der Waals surface area contributed by atoms with Crippen LogP contribution in [0.25, 0.3) is 5.69 Å². The highest BCUT2D eigenvalue weighted by molar-refractivity contribution is 8.00. The van der Waals surface area contributed by atoms with Gasteiger partial charge in [0.2, 0.25) is 5.16 Å². The Morgan fingerprint density at radius 1 is 1.47 bits per heavy atom. The number of aromatic nitrogens is 4. The second-order valence-electron chi connectivity index (χ2n) is 3.61. The fraction of sp³-hybridized carbons (Fsp3) is 0.273. The van der Waals surface area contributed by atoms with Crippen LogP contribution in [0.3, 0.4) is 0 Å². The van der Waals surface area contributed by atoms with Gasteiger partial charge in [0, 0.05) is 7.11 Å². The summed E-state index contributed by atoms with van der Waals surface area (Å²) in [6, 6.07) is 9.27. The lowest BCUT2D eigenvalue weighted by atomic mass is 10.3. The van der Waals surface area contributed by atoms with Gasteiger partial charge in [0.25, 0.3) is 0 Å². The maximum Gasteiger partial charge on any atom is 0.319 e. The third-order valence-corrected chi connectivity index (χ3v) is 3.37. The number of hydrogen-bond acceptors (Lipinski definition) is 6. The number of benzene rings is 1. The summed E-state index contributed by atoms with van der Waals surface area (Å²) >= 11 is 1.05. The SMILES string of the molecule is COCC(Sc1nnnn1-c1ccccc1)C(=O)O. The number of ether oxygens (including phenoxy) is 1. The fourth-order valence-electron chi connectivity index (χ4n) is 1.42. The molecule has 1 aromatic carbocycles. The Morgan fingerprint density at radius 3 is 2.84 bits per heavy atom. The second kappa shape index (κ2) is 6.30. The summed E-state index contributed by atoms with van der Waals surface area (Å²) in [4.78, 5) is 11.1. The minimum Gasteiger partial charge on any atom is -0.480 e. The average molecular weight is 280 g/mol. The Morgan fingerprint density at radius 2 is 2.21 bits per heavy atom. The van der Waals surface area contributed by atoms with Crippen molar-refractivity contribution in [1.82, 2.24) is 20.2 Å². The van der Waals surface area contributed by atoms with E-state index in [0.29, 0.717) is 5.16 Å². The Kier molecular flexibility index (Phi) is 4.48. The lowest BCUT2D eigenvalue weighted by Gasteiger charge is -2.10. The van der Waals surface area contributed by atoms with Crippen LogP contribution in [0.2, 0.25) is 0 Å². The molecule has 2 rings (SSSR count). The smallest absolute Gasteiger partial charge is 0.319 e. The molecule has 8 heteroatoms. The van der Waals surface area contributed by atoms with Crippen molar-refractivity contribution in [2.45, 2.75) is 10.4 Å². The number of hydrogen-bond donors (Lipinski definition) is 1. The number of methoxy groups -OCH3 is 1. The van der Waals surface area contributed by atoms with Gasteiger partial charge in [-0.3, -0.25) is 4.79 Å². The van der Waals surface area contributed by atoms with E-state index < -0.39 is 11.2 Å². The van der Waals surface area contributed by atoms with E-state index >= 15 is 0 Å². The molecule has 0 spiro atoms. The third kappa shape index (κ3) is 3.30. The van der Waals surface area contributed by atoms with Crippen molar-refractivity contribution >= 4 is 17.7 Å². The molecule has 0 fully saturated rings. The lowest BCUT2D eigenvalue weighted by Crippen LogP contribution is -2.22. The van der Waals surface area contributed by atoms with Gasteiger partial charge >= 0.3 is 5.97 Å². The van der Waals surface area contributed by atoms with Crippen molar-refractivity contribution in [3.8, 4) is 5.69 Å². The van der Waals surface area contributed by atoms with Crippen LogP contribution in [0.1, 0.15) is 0 Å². The molecule has 2 aromatic rings. The molecular weight excluding hydrogens is 268 g/mol. The molecule has 1 atom stereocenters. The van der Waals surface area contributed by atoms with Gasteiger partial charge in [0.15, 0.2) is 0 Å². The predicted octanol–water partition coefficient (Wildman–Crippen LogP) is 0.854. The molecular formula is C11H12N4O3S. The van der Waals surface area contributed by atoms with Gasteiger partial charge in [0.1, 0.15) is 5.25 Å². The van der Waals surface area contributed by atoms with E-state index in [2.05, 4.69) is 15.5 Å². The molecule has 7 nitrogen and oxygen atoms in total. The molecule has 0 radical (unpaired) electrons. The average Bonchev–Trinajstić information content (AvgIpc) is 2.87. The van der Waals surface area contributed by atoms with Gasteiger partial charge in [-0.25, -0.2) is 0 Å². The van der Waals surface area contributed by atoms with Crippen molar-refractivity contribution < 1.29 is 14.6 Å². The van der Waals surface area contributed by atoms with Gasteiger partial charge in [-0.15, -0.1) is 5.10 Å². The summed E-state index contributed by atoms with van der Waals surface area (Å²) in [6.45, 7) is 0.0850. The topological polar surface area (TPSA) is 90.1 Å². The molecule has 1 aromatic heterocycles. The number of carboxylic acids is 1. The number of thioether (sulfide) groups is 1. The van der Waals surface area contributed by atoms with Crippen molar-refractivity contribution in [2.24, 2.45) is 0 Å². The van der Waals surface area contributed by atoms with Crippen molar-refractivity contribution in [3.05, 3.63) is 30.3 Å². The van der Waals surface area contributed by atoms with Crippen LogP contribution >= 0.6 is 11.8 Å². The predicted molar refractivity (Wildman–Crippen MR) is 68.3 cm³/mol. The monoisotopic (exact) mass is 280 g/mol. The Hall–Kier alpha value is -1.93. The van der Waals surface area contributed by atoms with Crippen LogP contribution < -0.4 is 0 Å². The number of para-hydroxylation sites is 1. The first-order valence-corrected chi connectivity index (χ1v) is 6.32. The molecule has 1 heterocycles. The highest BCUT2D eigenvalue weighted by Crippen LogP contribution is 2.23. The molecule has 1 N–H and O–H groups in total. The first-order valence-electron chi connectivity index (χ1n) is 5.44. The molecule has 19 heavy (non-hydrogen) atoms. The second-order valence-corrected chi connectivity index (χ2v) is 4.78. The summed E-state index contributed by atoms with van der Waals surface area (Å²) in [5, 5.41) is 20.0. The van der Waals surface area contributed by atoms with E-state index in [9.17, 15) is 4.79 Å². The van der Waals surface area contributed by atoms with Crippen LogP contribution in [0.15, 0.2) is 35.5 Å². The highest BCUT2D eigenvalue weighted by atomic mass is 32.2. The Labute approximate surface area is 113 Å². The minimum absolute atomic E-state index is 0.0850. The minimum atomic E-state index is -0.963. The Bertz CT molecular complexity index is 546. The first-order chi connectivity index (χ1) is 9.22. The van der Waals surface area contributed by atoms with Crippen LogP contribution in [0, 0.1) is 0 Å². The number of tetrazole rings is 1. The Balaban J connectivity index is 2.22. The van der Waals surface area contributed by atoms with Crippen LogP contribution in [0.5, 0.6) is 0 Å². The summed E-state index contributed by atoms with van der Waals surface area (Å²) in [6.07, 6.45) is 0. The van der Waals surface area contributed by atoms with Gasteiger partial charge < -0.3 is 9.84 Å². The maximum absolute atomic E-state index is 11.1. The molecule has 0 aliphatic heterocycles. The highest BCUT2D eigenvalue weighted by Gasteiger charge is 2.22. The van der Waals surface area contributed by atoms with E-state index in [-0.39, 0.29) is 6.61 Å². The van der Waals surface area contributed by atoms with Gasteiger partial charge in [-0.2, -0.15) is 4.68 Å². The van der Waals surface area contributed by atoms with E-state index in [4.69, 9.17) is 9.84 Å². The van der Waals surface area contributed by atoms with Crippen molar-refractivity contribution in [3.63, 3.8) is 0 Å².